The third-order valence-electron chi connectivity index (χ3n) is 13.7. The highest BCUT2D eigenvalue weighted by Gasteiger charge is 2.25. The summed E-state index contributed by atoms with van der Waals surface area (Å²) >= 11 is 0. The summed E-state index contributed by atoms with van der Waals surface area (Å²) in [5, 5.41) is 23.6. The van der Waals surface area contributed by atoms with Crippen LogP contribution < -0.4 is 15.2 Å². The Morgan fingerprint density at radius 2 is 1.29 bits per heavy atom. The second-order valence-corrected chi connectivity index (χ2v) is 18.7. The summed E-state index contributed by atoms with van der Waals surface area (Å²) in [6.07, 6.45) is 4.33. The van der Waals surface area contributed by atoms with E-state index in [1.54, 1.807) is 12.1 Å². The highest BCUT2D eigenvalue weighted by molar-refractivity contribution is 6.10. The number of hydrogen-bond acceptors (Lipinski definition) is 5. The number of rotatable bonds is 15. The molecule has 0 bridgehead atoms. The number of aromatic nitrogens is 1. The number of benzene rings is 8. The summed E-state index contributed by atoms with van der Waals surface area (Å²) in [6.45, 7) is 5.95. The van der Waals surface area contributed by atoms with E-state index in [1.165, 1.54) is 27.1 Å². The Morgan fingerprint density at radius 1 is 0.652 bits per heavy atom. The molecule has 0 atom stereocenters. The summed E-state index contributed by atoms with van der Waals surface area (Å²) in [4.78, 5) is 35.1. The van der Waals surface area contributed by atoms with E-state index in [2.05, 4.69) is 98.0 Å². The van der Waals surface area contributed by atoms with Gasteiger partial charge in [0.2, 0.25) is 5.36 Å². The largest absolute Gasteiger partial charge is 0.478 e. The number of amides is 1. The Labute approximate surface area is 402 Å². The minimum Gasteiger partial charge on any atom is -0.478 e. The molecule has 0 radical (unpaired) electrons. The molecule has 2 heterocycles. The Balaban J connectivity index is 0.953. The number of pyridine rings is 1. The third-order valence-corrected chi connectivity index (χ3v) is 13.7. The molecule has 0 unspecified atom stereocenters. The number of aromatic carboxylic acids is 1. The van der Waals surface area contributed by atoms with E-state index in [1.807, 2.05) is 90.3 Å². The lowest BCUT2D eigenvalue weighted by Gasteiger charge is -2.24. The van der Waals surface area contributed by atoms with E-state index in [-0.39, 0.29) is 17.4 Å². The SMILES string of the molecule is CC(C)c1ccc2c(-c3ccc(C(=O)N(CCCCCc4c5ccccc5cc5ccccc45)CCCNc4c5ccccc5nc5ccccc45)cc3C(=O)O)c3ccc(=[N+](C)C)cc-3oc2c1. The maximum absolute atomic E-state index is 14.9. The first-order valence-corrected chi connectivity index (χ1v) is 24.2. The number of anilines is 1. The number of nitrogens with zero attached hydrogens (tertiary/aromatic N) is 3. The molecular formula is C61H57N4O4+. The van der Waals surface area contributed by atoms with Crippen LogP contribution in [0.4, 0.5) is 5.69 Å². The zero-order valence-electron chi connectivity index (χ0n) is 39.8. The number of nitrogens with one attached hydrogen (secondary N) is 1. The van der Waals surface area contributed by atoms with Gasteiger partial charge in [0.25, 0.3) is 5.91 Å². The standard InChI is InChI=1S/C61H56N4O4/c1-39(2)40-26-30-51-56(37-40)69-57-38-44(64(3)4)28-31-52(57)58(51)48-29-27-43(36-53(48)61(67)68)60(66)65(34-16-32-62-59-49-22-11-13-24-54(49)63-55-25-14-12-23-50(55)59)33-15-5-6-21-47-45-19-9-7-17-41(45)35-42-18-8-10-20-46(42)47/h7-14,17-20,22-31,35-39H,5-6,15-16,21,32-34H2,1-4H3,(H-,62,63,67,68)/p+1. The van der Waals surface area contributed by atoms with Crippen LogP contribution in [0.5, 0.6) is 0 Å². The summed E-state index contributed by atoms with van der Waals surface area (Å²) in [6, 6.07) is 53.2. The van der Waals surface area contributed by atoms with Crippen molar-refractivity contribution < 1.29 is 19.1 Å². The van der Waals surface area contributed by atoms with Crippen molar-refractivity contribution in [3.05, 3.63) is 185 Å². The summed E-state index contributed by atoms with van der Waals surface area (Å²) in [5.41, 5.74) is 8.57. The van der Waals surface area contributed by atoms with E-state index < -0.39 is 5.97 Å². The van der Waals surface area contributed by atoms with E-state index in [0.717, 1.165) is 80.6 Å². The van der Waals surface area contributed by atoms with E-state index in [9.17, 15) is 14.7 Å². The van der Waals surface area contributed by atoms with Crippen LogP contribution in [-0.4, -0.2) is 60.6 Å². The van der Waals surface area contributed by atoms with Crippen molar-refractivity contribution in [3.8, 4) is 22.5 Å². The highest BCUT2D eigenvalue weighted by atomic mass is 16.4. The van der Waals surface area contributed by atoms with Crippen LogP contribution in [0.2, 0.25) is 0 Å². The average molecular weight is 910 g/mol. The number of para-hydroxylation sites is 2. The van der Waals surface area contributed by atoms with Crippen molar-refractivity contribution in [1.82, 2.24) is 14.5 Å². The molecule has 8 heteroatoms. The summed E-state index contributed by atoms with van der Waals surface area (Å²) < 4.78 is 8.59. The normalized spacial score (nSPS) is 11.7. The van der Waals surface area contributed by atoms with Gasteiger partial charge in [0.15, 0.2) is 0 Å². The second-order valence-electron chi connectivity index (χ2n) is 18.7. The number of carbonyl (C=O) groups excluding carboxylic acids is 1. The fraction of sp³-hybridized carbons (Fsp3) is 0.213. The van der Waals surface area contributed by atoms with Crippen molar-refractivity contribution >= 4 is 71.9 Å². The zero-order chi connectivity index (χ0) is 47.6. The lowest BCUT2D eigenvalue weighted by molar-refractivity contribution is 0.0697. The molecule has 344 valence electrons. The summed E-state index contributed by atoms with van der Waals surface area (Å²) in [7, 11) is 3.97. The number of carboxylic acid groups (broad SMARTS) is 1. The molecule has 10 rings (SSSR count). The molecule has 1 aliphatic heterocycles. The number of hydrogen-bond donors (Lipinski definition) is 2. The predicted molar refractivity (Wildman–Crippen MR) is 284 cm³/mol. The van der Waals surface area contributed by atoms with Crippen molar-refractivity contribution in [1.29, 1.82) is 0 Å². The molecule has 0 saturated heterocycles. The fourth-order valence-electron chi connectivity index (χ4n) is 10.1. The third kappa shape index (κ3) is 9.03. The molecule has 1 amide bonds. The average Bonchev–Trinajstić information content (AvgIpc) is 3.37. The lowest BCUT2D eigenvalue weighted by atomic mass is 9.89. The van der Waals surface area contributed by atoms with Crippen molar-refractivity contribution in [2.24, 2.45) is 0 Å². The molecule has 2 aliphatic rings. The van der Waals surface area contributed by atoms with Gasteiger partial charge in [-0.15, -0.1) is 0 Å². The smallest absolute Gasteiger partial charge is 0.336 e. The lowest BCUT2D eigenvalue weighted by Crippen LogP contribution is -2.34. The van der Waals surface area contributed by atoms with Gasteiger partial charge in [-0.1, -0.05) is 123 Å². The van der Waals surface area contributed by atoms with Crippen molar-refractivity contribution in [3.63, 3.8) is 0 Å². The molecule has 1 aliphatic carbocycles. The molecule has 7 aromatic carbocycles. The van der Waals surface area contributed by atoms with Crippen LogP contribution in [0, 0.1) is 0 Å². The molecule has 8 aromatic rings. The molecule has 0 saturated carbocycles. The Morgan fingerprint density at radius 3 is 1.96 bits per heavy atom. The van der Waals surface area contributed by atoms with Crippen LogP contribution in [-0.2, 0) is 6.42 Å². The Kier molecular flexibility index (Phi) is 12.6. The van der Waals surface area contributed by atoms with Gasteiger partial charge in [0.1, 0.15) is 25.4 Å². The maximum atomic E-state index is 14.9. The molecule has 2 N–H and O–H groups in total. The van der Waals surface area contributed by atoms with Crippen LogP contribution in [0.3, 0.4) is 0 Å². The van der Waals surface area contributed by atoms with Crippen LogP contribution >= 0.6 is 0 Å². The molecule has 8 nitrogen and oxygen atoms in total. The van der Waals surface area contributed by atoms with Crippen LogP contribution in [0.1, 0.15) is 77.3 Å². The Bertz CT molecular complexity index is 3520. The fourth-order valence-corrected chi connectivity index (χ4v) is 10.1. The van der Waals surface area contributed by atoms with Gasteiger partial charge in [-0.25, -0.2) is 14.4 Å². The van der Waals surface area contributed by atoms with Gasteiger partial charge in [0.05, 0.1) is 28.4 Å². The van der Waals surface area contributed by atoms with Gasteiger partial charge in [-0.3, -0.25) is 4.79 Å². The van der Waals surface area contributed by atoms with E-state index in [4.69, 9.17) is 9.40 Å². The van der Waals surface area contributed by atoms with Crippen LogP contribution in [0.25, 0.3) is 76.8 Å². The van der Waals surface area contributed by atoms with Crippen molar-refractivity contribution in [2.45, 2.75) is 51.9 Å². The minimum atomic E-state index is -1.10. The highest BCUT2D eigenvalue weighted by Crippen LogP contribution is 2.42. The number of fused-ring (bicyclic) bond motifs is 6. The first-order valence-electron chi connectivity index (χ1n) is 24.2. The molecular weight excluding hydrogens is 853 g/mol. The van der Waals surface area contributed by atoms with Gasteiger partial charge in [0, 0.05) is 58.5 Å². The number of aryl methyl sites for hydroxylation is 1. The minimum absolute atomic E-state index is 0.0691. The molecule has 69 heavy (non-hydrogen) atoms. The van der Waals surface area contributed by atoms with Gasteiger partial charge in [-0.2, -0.15) is 0 Å². The Hall–Kier alpha value is -7.84. The number of carbonyl (C=O) groups is 2. The topological polar surface area (TPSA) is 98.7 Å². The van der Waals surface area contributed by atoms with E-state index >= 15 is 0 Å². The van der Waals surface area contributed by atoms with Gasteiger partial charge >= 0.3 is 5.97 Å². The summed E-state index contributed by atoms with van der Waals surface area (Å²) in [5.74, 6) is -0.351. The predicted octanol–water partition coefficient (Wildman–Crippen LogP) is 13.4. The maximum Gasteiger partial charge on any atom is 0.336 e. The van der Waals surface area contributed by atoms with Gasteiger partial charge < -0.3 is 19.7 Å². The monoisotopic (exact) mass is 909 g/mol. The number of unbranched alkanes of at least 4 members (excludes halogenated alkanes) is 2. The second kappa shape index (κ2) is 19.4. The quantitative estimate of drug-likeness (QED) is 0.0604. The molecule has 1 aromatic heterocycles. The van der Waals surface area contributed by atoms with Crippen LogP contribution in [0.15, 0.2) is 162 Å². The van der Waals surface area contributed by atoms with E-state index in [0.29, 0.717) is 48.5 Å². The zero-order valence-corrected chi connectivity index (χ0v) is 39.8. The molecule has 0 spiro atoms. The first kappa shape index (κ1) is 45.0. The van der Waals surface area contributed by atoms with Gasteiger partial charge in [-0.05, 0) is 112 Å². The number of carboxylic acids is 1. The molecule has 0 fully saturated rings. The first-order chi connectivity index (χ1) is 33.6. The van der Waals surface area contributed by atoms with Crippen molar-refractivity contribution in [2.75, 3.05) is 39.0 Å².